The minimum absolute atomic E-state index is 0.263. The van der Waals surface area contributed by atoms with Crippen molar-refractivity contribution in [3.05, 3.63) is 44.9 Å². The first-order valence-electron chi connectivity index (χ1n) is 4.42. The number of rotatable bonds is 2. The van der Waals surface area contributed by atoms with E-state index < -0.39 is 0 Å². The first kappa shape index (κ1) is 11.4. The van der Waals surface area contributed by atoms with Crippen molar-refractivity contribution >= 4 is 45.9 Å². The fourth-order valence-electron chi connectivity index (χ4n) is 1.13. The van der Waals surface area contributed by atoms with E-state index in [2.05, 4.69) is 37.9 Å². The highest BCUT2D eigenvalue weighted by atomic mass is 127. The Hall–Kier alpha value is -1.08. The van der Waals surface area contributed by atoms with Gasteiger partial charge in [0.2, 0.25) is 0 Å². The normalized spacial score (nSPS) is 10.1. The highest BCUT2D eigenvalue weighted by molar-refractivity contribution is 14.1. The minimum atomic E-state index is -0.263. The topological polar surface area (TPSA) is 57.8 Å². The molecule has 16 heavy (non-hydrogen) atoms. The predicted octanol–water partition coefficient (Wildman–Crippen LogP) is 2.92. The number of nitrogens with one attached hydrogen (secondary N) is 2. The van der Waals surface area contributed by atoms with Gasteiger partial charge in [0.1, 0.15) is 11.5 Å². The lowest BCUT2D eigenvalue weighted by Gasteiger charge is -2.02. The standard InChI is InChI=1S/C10H7ClIN3O/c11-6-3-8(13-4-6)10(16)15-9-2-1-7(12)5-14-9/h1-5,13H,(H,14,15,16). The zero-order chi connectivity index (χ0) is 11.5. The highest BCUT2D eigenvalue weighted by Gasteiger charge is 2.08. The average Bonchev–Trinajstić information content (AvgIpc) is 2.68. The van der Waals surface area contributed by atoms with Crippen LogP contribution in [-0.4, -0.2) is 15.9 Å². The summed E-state index contributed by atoms with van der Waals surface area (Å²) in [5.41, 5.74) is 0.408. The fraction of sp³-hybridized carbons (Fsp3) is 0. The molecule has 2 aromatic rings. The second-order valence-electron chi connectivity index (χ2n) is 3.05. The molecule has 0 aliphatic rings. The van der Waals surface area contributed by atoms with Gasteiger partial charge in [-0.25, -0.2) is 4.98 Å². The molecule has 2 N–H and O–H groups in total. The third kappa shape index (κ3) is 2.73. The number of amides is 1. The van der Waals surface area contributed by atoms with E-state index in [0.717, 1.165) is 3.57 Å². The molecule has 0 spiro atoms. The first-order valence-corrected chi connectivity index (χ1v) is 5.87. The van der Waals surface area contributed by atoms with Crippen LogP contribution in [0.25, 0.3) is 0 Å². The van der Waals surface area contributed by atoms with Crippen molar-refractivity contribution in [1.82, 2.24) is 9.97 Å². The molecular formula is C10H7ClIN3O. The Labute approximate surface area is 111 Å². The molecule has 0 unspecified atom stereocenters. The minimum Gasteiger partial charge on any atom is -0.356 e. The molecular weight excluding hydrogens is 340 g/mol. The number of anilines is 1. The van der Waals surface area contributed by atoms with E-state index in [1.807, 2.05) is 6.07 Å². The molecule has 0 fully saturated rings. The van der Waals surface area contributed by atoms with Crippen molar-refractivity contribution in [2.75, 3.05) is 5.32 Å². The van der Waals surface area contributed by atoms with Crippen LogP contribution in [0.5, 0.6) is 0 Å². The SMILES string of the molecule is O=C(Nc1ccc(I)cn1)c1cc(Cl)c[nH]1. The van der Waals surface area contributed by atoms with E-state index in [4.69, 9.17) is 11.6 Å². The van der Waals surface area contributed by atoms with Crippen LogP contribution in [-0.2, 0) is 0 Å². The lowest BCUT2D eigenvalue weighted by molar-refractivity contribution is 0.102. The van der Waals surface area contributed by atoms with E-state index in [1.165, 1.54) is 0 Å². The van der Waals surface area contributed by atoms with E-state index in [0.29, 0.717) is 16.5 Å². The average molecular weight is 348 g/mol. The van der Waals surface area contributed by atoms with Crippen molar-refractivity contribution < 1.29 is 4.79 Å². The molecule has 6 heteroatoms. The number of carbonyl (C=O) groups excluding carboxylic acids is 1. The largest absolute Gasteiger partial charge is 0.356 e. The van der Waals surface area contributed by atoms with Crippen molar-refractivity contribution in [2.45, 2.75) is 0 Å². The molecule has 0 bridgehead atoms. The number of hydrogen-bond donors (Lipinski definition) is 2. The monoisotopic (exact) mass is 347 g/mol. The van der Waals surface area contributed by atoms with Crippen molar-refractivity contribution in [2.24, 2.45) is 0 Å². The quantitative estimate of drug-likeness (QED) is 0.821. The molecule has 82 valence electrons. The van der Waals surface area contributed by atoms with Crippen LogP contribution in [0.4, 0.5) is 5.82 Å². The van der Waals surface area contributed by atoms with Crippen molar-refractivity contribution in [3.8, 4) is 0 Å². The predicted molar refractivity (Wildman–Crippen MR) is 70.7 cm³/mol. The molecule has 2 aromatic heterocycles. The van der Waals surface area contributed by atoms with Gasteiger partial charge in [-0.3, -0.25) is 4.79 Å². The summed E-state index contributed by atoms with van der Waals surface area (Å²) in [6, 6.07) is 5.17. The van der Waals surface area contributed by atoms with Gasteiger partial charge < -0.3 is 10.3 Å². The maximum absolute atomic E-state index is 11.7. The van der Waals surface area contributed by atoms with Gasteiger partial charge in [0, 0.05) is 16.0 Å². The zero-order valence-corrected chi connectivity index (χ0v) is 10.9. The highest BCUT2D eigenvalue weighted by Crippen LogP contribution is 2.12. The van der Waals surface area contributed by atoms with Crippen LogP contribution in [0.15, 0.2) is 30.6 Å². The van der Waals surface area contributed by atoms with Gasteiger partial charge in [0.15, 0.2) is 0 Å². The Morgan fingerprint density at radius 2 is 2.31 bits per heavy atom. The Bertz CT molecular complexity index is 509. The summed E-state index contributed by atoms with van der Waals surface area (Å²) < 4.78 is 1.01. The maximum atomic E-state index is 11.7. The lowest BCUT2D eigenvalue weighted by atomic mass is 10.4. The summed E-state index contributed by atoms with van der Waals surface area (Å²) in [5.74, 6) is 0.247. The zero-order valence-electron chi connectivity index (χ0n) is 8.00. The molecule has 0 aromatic carbocycles. The third-order valence-corrected chi connectivity index (χ3v) is 2.72. The number of aromatic amines is 1. The van der Waals surface area contributed by atoms with E-state index in [9.17, 15) is 4.79 Å². The number of pyridine rings is 1. The molecule has 0 saturated carbocycles. The second kappa shape index (κ2) is 4.84. The number of halogens is 2. The third-order valence-electron chi connectivity index (χ3n) is 1.86. The molecule has 0 aliphatic heterocycles. The molecule has 0 atom stereocenters. The Balaban J connectivity index is 2.10. The molecule has 1 amide bonds. The molecule has 0 radical (unpaired) electrons. The van der Waals surface area contributed by atoms with Crippen LogP contribution >= 0.6 is 34.2 Å². The van der Waals surface area contributed by atoms with Gasteiger partial charge in [0.25, 0.3) is 5.91 Å². The fourth-order valence-corrected chi connectivity index (χ4v) is 1.62. The summed E-state index contributed by atoms with van der Waals surface area (Å²) in [5, 5.41) is 3.16. The number of carbonyl (C=O) groups is 1. The molecule has 4 nitrogen and oxygen atoms in total. The van der Waals surface area contributed by atoms with Gasteiger partial charge in [0.05, 0.1) is 5.02 Å². The summed E-state index contributed by atoms with van der Waals surface area (Å²) >= 11 is 7.85. The molecule has 0 saturated heterocycles. The van der Waals surface area contributed by atoms with E-state index in [1.54, 1.807) is 24.5 Å². The van der Waals surface area contributed by atoms with Crippen LogP contribution in [0.1, 0.15) is 10.5 Å². The maximum Gasteiger partial charge on any atom is 0.273 e. The van der Waals surface area contributed by atoms with Crippen LogP contribution < -0.4 is 5.32 Å². The van der Waals surface area contributed by atoms with Crippen LogP contribution in [0.2, 0.25) is 5.02 Å². The molecule has 2 rings (SSSR count). The summed E-state index contributed by atoms with van der Waals surface area (Å²) in [6.07, 6.45) is 3.23. The van der Waals surface area contributed by atoms with Crippen molar-refractivity contribution in [3.63, 3.8) is 0 Å². The first-order chi connectivity index (χ1) is 7.65. The van der Waals surface area contributed by atoms with Crippen molar-refractivity contribution in [1.29, 1.82) is 0 Å². The number of nitrogens with zero attached hydrogens (tertiary/aromatic N) is 1. The summed E-state index contributed by atoms with van der Waals surface area (Å²) in [7, 11) is 0. The molecule has 0 aliphatic carbocycles. The van der Waals surface area contributed by atoms with Crippen LogP contribution in [0, 0.1) is 3.57 Å². The van der Waals surface area contributed by atoms with Crippen LogP contribution in [0.3, 0.4) is 0 Å². The van der Waals surface area contributed by atoms with Gasteiger partial charge in [-0.2, -0.15) is 0 Å². The van der Waals surface area contributed by atoms with Gasteiger partial charge >= 0.3 is 0 Å². The van der Waals surface area contributed by atoms with E-state index >= 15 is 0 Å². The van der Waals surface area contributed by atoms with Gasteiger partial charge in [-0.05, 0) is 40.8 Å². The van der Waals surface area contributed by atoms with Gasteiger partial charge in [-0.15, -0.1) is 0 Å². The van der Waals surface area contributed by atoms with Gasteiger partial charge in [-0.1, -0.05) is 11.6 Å². The van der Waals surface area contributed by atoms with E-state index in [-0.39, 0.29) is 5.91 Å². The Morgan fingerprint density at radius 1 is 1.50 bits per heavy atom. The smallest absolute Gasteiger partial charge is 0.273 e. The Morgan fingerprint density at radius 3 is 2.88 bits per heavy atom. The number of aromatic nitrogens is 2. The summed E-state index contributed by atoms with van der Waals surface area (Å²) in [4.78, 5) is 18.5. The molecule has 2 heterocycles. The lowest BCUT2D eigenvalue weighted by Crippen LogP contribution is -2.13. The second-order valence-corrected chi connectivity index (χ2v) is 4.73. The summed E-state index contributed by atoms with van der Waals surface area (Å²) in [6.45, 7) is 0. The number of H-pyrrole nitrogens is 1. The Kier molecular flexibility index (Phi) is 3.45. The number of hydrogen-bond acceptors (Lipinski definition) is 2.